The fraction of sp³-hybridized carbons (Fsp3) is 0. The summed E-state index contributed by atoms with van der Waals surface area (Å²) in [4.78, 5) is 0. The molecule has 6 heteroatoms. The second-order valence-corrected chi connectivity index (χ2v) is 5.58. The van der Waals surface area contributed by atoms with Crippen molar-refractivity contribution in [3.05, 3.63) is 71.6 Å². The van der Waals surface area contributed by atoms with Gasteiger partial charge in [-0.2, -0.15) is 8.42 Å². The standard InChI is InChI=1S/C15H10FNO3S/c16-12-5-3-4-11(10-12)8-9-14-13-6-1-2-7-15(13)20-21(18,19)17-14/h1-10H/b9-8+. The molecule has 0 saturated heterocycles. The third kappa shape index (κ3) is 3.00. The molecule has 0 amide bonds. The quantitative estimate of drug-likeness (QED) is 0.857. The van der Waals surface area contributed by atoms with E-state index in [0.29, 0.717) is 11.1 Å². The summed E-state index contributed by atoms with van der Waals surface area (Å²) in [6.45, 7) is 0. The van der Waals surface area contributed by atoms with Gasteiger partial charge in [0.15, 0.2) is 5.75 Å². The fourth-order valence-corrected chi connectivity index (χ4v) is 2.77. The Balaban J connectivity index is 2.02. The zero-order chi connectivity index (χ0) is 14.9. The van der Waals surface area contributed by atoms with Crippen LogP contribution in [-0.4, -0.2) is 14.1 Å². The molecule has 0 spiro atoms. The molecule has 2 aromatic rings. The van der Waals surface area contributed by atoms with Crippen LogP contribution in [0.1, 0.15) is 11.1 Å². The van der Waals surface area contributed by atoms with Gasteiger partial charge >= 0.3 is 10.3 Å². The lowest BCUT2D eigenvalue weighted by Crippen LogP contribution is -2.17. The highest BCUT2D eigenvalue weighted by atomic mass is 32.2. The molecule has 2 aromatic carbocycles. The molecule has 4 nitrogen and oxygen atoms in total. The van der Waals surface area contributed by atoms with Crippen molar-refractivity contribution in [3.63, 3.8) is 0 Å². The van der Waals surface area contributed by atoms with Crippen molar-refractivity contribution >= 4 is 22.1 Å². The minimum absolute atomic E-state index is 0.228. The van der Waals surface area contributed by atoms with E-state index in [1.165, 1.54) is 18.2 Å². The van der Waals surface area contributed by atoms with E-state index in [1.54, 1.807) is 42.5 Å². The largest absolute Gasteiger partial charge is 0.429 e. The third-order valence-electron chi connectivity index (χ3n) is 2.85. The lowest BCUT2D eigenvalue weighted by atomic mass is 10.1. The number of halogens is 1. The van der Waals surface area contributed by atoms with Crippen LogP contribution in [0.25, 0.3) is 6.08 Å². The molecule has 0 radical (unpaired) electrons. The zero-order valence-electron chi connectivity index (χ0n) is 10.7. The van der Waals surface area contributed by atoms with Crippen molar-refractivity contribution in [2.24, 2.45) is 4.40 Å². The molecule has 0 atom stereocenters. The molecule has 0 fully saturated rings. The molecule has 106 valence electrons. The van der Waals surface area contributed by atoms with Crippen molar-refractivity contribution in [1.82, 2.24) is 0 Å². The Morgan fingerprint density at radius 2 is 1.86 bits per heavy atom. The molecule has 0 unspecified atom stereocenters. The van der Waals surface area contributed by atoms with E-state index in [0.717, 1.165) is 0 Å². The molecule has 0 aromatic heterocycles. The van der Waals surface area contributed by atoms with Gasteiger partial charge < -0.3 is 4.18 Å². The summed E-state index contributed by atoms with van der Waals surface area (Å²) >= 11 is 0. The van der Waals surface area contributed by atoms with Crippen molar-refractivity contribution in [3.8, 4) is 5.75 Å². The molecule has 1 aliphatic heterocycles. The van der Waals surface area contributed by atoms with Gasteiger partial charge in [-0.25, -0.2) is 4.39 Å². The summed E-state index contributed by atoms with van der Waals surface area (Å²) < 4.78 is 44.7. The molecule has 0 saturated carbocycles. The lowest BCUT2D eigenvalue weighted by Gasteiger charge is -2.14. The number of nitrogens with zero attached hydrogens (tertiary/aromatic N) is 1. The average molecular weight is 303 g/mol. The van der Waals surface area contributed by atoms with Gasteiger partial charge in [0.05, 0.1) is 5.71 Å². The molecule has 21 heavy (non-hydrogen) atoms. The first-order valence-electron chi connectivity index (χ1n) is 6.11. The van der Waals surface area contributed by atoms with Crippen molar-refractivity contribution < 1.29 is 17.0 Å². The monoisotopic (exact) mass is 303 g/mol. The Labute approximate surface area is 121 Å². The number of rotatable bonds is 2. The van der Waals surface area contributed by atoms with E-state index in [1.807, 2.05) is 0 Å². The first-order valence-corrected chi connectivity index (χ1v) is 7.47. The maximum atomic E-state index is 13.1. The summed E-state index contributed by atoms with van der Waals surface area (Å²) in [5.74, 6) is -0.134. The van der Waals surface area contributed by atoms with Gasteiger partial charge in [0.25, 0.3) is 0 Å². The highest BCUT2D eigenvalue weighted by Crippen LogP contribution is 2.26. The molecule has 0 N–H and O–H groups in total. The van der Waals surface area contributed by atoms with E-state index in [-0.39, 0.29) is 17.3 Å². The zero-order valence-corrected chi connectivity index (χ0v) is 11.5. The van der Waals surface area contributed by atoms with E-state index >= 15 is 0 Å². The molecule has 0 bridgehead atoms. The van der Waals surface area contributed by atoms with Crippen molar-refractivity contribution in [2.45, 2.75) is 0 Å². The number of benzene rings is 2. The molecular formula is C15H10FNO3S. The van der Waals surface area contributed by atoms with Gasteiger partial charge in [-0.05, 0) is 35.9 Å². The second-order valence-electron chi connectivity index (χ2n) is 4.37. The Morgan fingerprint density at radius 1 is 1.05 bits per heavy atom. The highest BCUT2D eigenvalue weighted by molar-refractivity contribution is 7.86. The summed E-state index contributed by atoms with van der Waals surface area (Å²) in [6, 6.07) is 12.7. The van der Waals surface area contributed by atoms with Crippen LogP contribution in [0.5, 0.6) is 5.75 Å². The topological polar surface area (TPSA) is 55.7 Å². The van der Waals surface area contributed by atoms with Gasteiger partial charge in [0.1, 0.15) is 5.82 Å². The van der Waals surface area contributed by atoms with E-state index < -0.39 is 10.3 Å². The SMILES string of the molecule is O=S1(=O)N=C(/C=C/c2cccc(F)c2)c2ccccc2O1. The summed E-state index contributed by atoms with van der Waals surface area (Å²) in [5.41, 5.74) is 1.43. The Bertz CT molecular complexity index is 857. The van der Waals surface area contributed by atoms with Crippen molar-refractivity contribution in [1.29, 1.82) is 0 Å². The van der Waals surface area contributed by atoms with Gasteiger partial charge in [-0.15, -0.1) is 4.40 Å². The molecular weight excluding hydrogens is 293 g/mol. The number of fused-ring (bicyclic) bond motifs is 1. The van der Waals surface area contributed by atoms with Crippen LogP contribution < -0.4 is 4.18 Å². The van der Waals surface area contributed by atoms with Crippen LogP contribution in [0.4, 0.5) is 4.39 Å². The molecule has 1 heterocycles. The first-order chi connectivity index (χ1) is 10.0. The summed E-state index contributed by atoms with van der Waals surface area (Å²) in [6.07, 6.45) is 3.12. The maximum absolute atomic E-state index is 13.1. The van der Waals surface area contributed by atoms with Gasteiger partial charge in [0.2, 0.25) is 0 Å². The molecule has 1 aliphatic rings. The Morgan fingerprint density at radius 3 is 2.67 bits per heavy atom. The van der Waals surface area contributed by atoms with Crippen LogP contribution in [0.15, 0.2) is 59.0 Å². The highest BCUT2D eigenvalue weighted by Gasteiger charge is 2.22. The van der Waals surface area contributed by atoms with Crippen LogP contribution in [0.3, 0.4) is 0 Å². The second kappa shape index (κ2) is 5.14. The maximum Gasteiger partial charge on any atom is 0.429 e. The Kier molecular flexibility index (Phi) is 3.31. The number of allylic oxidation sites excluding steroid dienone is 1. The number of hydrogen-bond acceptors (Lipinski definition) is 3. The van der Waals surface area contributed by atoms with E-state index in [2.05, 4.69) is 4.40 Å². The van der Waals surface area contributed by atoms with Crippen LogP contribution >= 0.6 is 0 Å². The summed E-state index contributed by atoms with van der Waals surface area (Å²) in [7, 11) is -4.00. The minimum Gasteiger partial charge on any atom is -0.365 e. The summed E-state index contributed by atoms with van der Waals surface area (Å²) in [5, 5.41) is 0. The number of para-hydroxylation sites is 1. The fourth-order valence-electron chi connectivity index (χ4n) is 1.96. The van der Waals surface area contributed by atoms with Crippen LogP contribution in [-0.2, 0) is 10.3 Å². The minimum atomic E-state index is -4.00. The van der Waals surface area contributed by atoms with Crippen LogP contribution in [0.2, 0.25) is 0 Å². The van der Waals surface area contributed by atoms with E-state index in [4.69, 9.17) is 4.18 Å². The van der Waals surface area contributed by atoms with Gasteiger partial charge in [-0.1, -0.05) is 30.3 Å². The lowest BCUT2D eigenvalue weighted by molar-refractivity contribution is 0.485. The normalized spacial score (nSPS) is 16.1. The van der Waals surface area contributed by atoms with Crippen LogP contribution in [0, 0.1) is 5.82 Å². The van der Waals surface area contributed by atoms with Gasteiger partial charge in [-0.3, -0.25) is 0 Å². The Hall–Kier alpha value is -2.47. The predicted molar refractivity (Wildman–Crippen MR) is 78.0 cm³/mol. The van der Waals surface area contributed by atoms with Crippen molar-refractivity contribution in [2.75, 3.05) is 0 Å². The molecule has 0 aliphatic carbocycles. The number of hydrogen-bond donors (Lipinski definition) is 0. The molecule has 3 rings (SSSR count). The predicted octanol–water partition coefficient (Wildman–Crippen LogP) is 2.97. The smallest absolute Gasteiger partial charge is 0.365 e. The van der Waals surface area contributed by atoms with Gasteiger partial charge in [0, 0.05) is 5.56 Å². The van der Waals surface area contributed by atoms with E-state index in [9.17, 15) is 12.8 Å². The first kappa shape index (κ1) is 13.5. The average Bonchev–Trinajstić information content (AvgIpc) is 2.44. The third-order valence-corrected chi connectivity index (χ3v) is 3.66.